The molecule has 1 aromatic rings. The lowest BCUT2D eigenvalue weighted by molar-refractivity contribution is 0.372. The largest absolute Gasteiger partial charge is 0.507 e. The summed E-state index contributed by atoms with van der Waals surface area (Å²) in [7, 11) is 3.06. The van der Waals surface area contributed by atoms with Gasteiger partial charge in [-0.05, 0) is 6.92 Å². The summed E-state index contributed by atoms with van der Waals surface area (Å²) in [6.45, 7) is 1.82. The van der Waals surface area contributed by atoms with Crippen molar-refractivity contribution in [3.05, 3.63) is 17.7 Å². The number of hydrazine groups is 1. The molecule has 0 bridgehead atoms. The van der Waals surface area contributed by atoms with E-state index in [1.807, 2.05) is 6.92 Å². The Labute approximate surface area is 88.8 Å². The molecule has 1 unspecified atom stereocenters. The first-order valence-corrected chi connectivity index (χ1v) is 4.55. The lowest BCUT2D eigenvalue weighted by Gasteiger charge is -2.17. The molecular formula is C10H16N2O3. The molecule has 0 spiro atoms. The number of ether oxygens (including phenoxy) is 2. The maximum atomic E-state index is 9.78. The van der Waals surface area contributed by atoms with Crippen LogP contribution < -0.4 is 20.7 Å². The molecule has 84 valence electrons. The van der Waals surface area contributed by atoms with Crippen molar-refractivity contribution in [3.8, 4) is 17.2 Å². The molecule has 4 N–H and O–H groups in total. The van der Waals surface area contributed by atoms with Gasteiger partial charge < -0.3 is 14.6 Å². The lowest BCUT2D eigenvalue weighted by atomic mass is 10.1. The second-order valence-electron chi connectivity index (χ2n) is 3.15. The Kier molecular flexibility index (Phi) is 3.76. The number of phenolic OH excluding ortho intramolecular Hbond substituents is 1. The number of aromatic hydroxyl groups is 1. The van der Waals surface area contributed by atoms with Gasteiger partial charge in [0.1, 0.15) is 17.2 Å². The van der Waals surface area contributed by atoms with Crippen LogP contribution in [0.4, 0.5) is 0 Å². The van der Waals surface area contributed by atoms with Gasteiger partial charge in [-0.25, -0.2) is 0 Å². The molecular weight excluding hydrogens is 196 g/mol. The summed E-state index contributed by atoms with van der Waals surface area (Å²) < 4.78 is 10.2. The molecule has 0 amide bonds. The fourth-order valence-electron chi connectivity index (χ4n) is 1.39. The van der Waals surface area contributed by atoms with Gasteiger partial charge >= 0.3 is 0 Å². The number of methoxy groups -OCH3 is 2. The van der Waals surface area contributed by atoms with E-state index >= 15 is 0 Å². The van der Waals surface area contributed by atoms with Crippen molar-refractivity contribution in [3.63, 3.8) is 0 Å². The van der Waals surface area contributed by atoms with Crippen LogP contribution in [0.25, 0.3) is 0 Å². The predicted molar refractivity (Wildman–Crippen MR) is 56.9 cm³/mol. The fraction of sp³-hybridized carbons (Fsp3) is 0.400. The van der Waals surface area contributed by atoms with Crippen molar-refractivity contribution < 1.29 is 14.6 Å². The molecule has 0 aliphatic heterocycles. The van der Waals surface area contributed by atoms with E-state index in [0.29, 0.717) is 17.1 Å². The molecule has 0 saturated heterocycles. The molecule has 1 atom stereocenters. The van der Waals surface area contributed by atoms with Crippen molar-refractivity contribution in [2.75, 3.05) is 14.2 Å². The van der Waals surface area contributed by atoms with Crippen molar-refractivity contribution in [2.45, 2.75) is 13.0 Å². The average Bonchev–Trinajstić information content (AvgIpc) is 2.26. The second-order valence-corrected chi connectivity index (χ2v) is 3.15. The highest BCUT2D eigenvalue weighted by molar-refractivity contribution is 5.51. The Bertz CT molecular complexity index is 342. The number of nitrogens with two attached hydrogens (primary N) is 1. The van der Waals surface area contributed by atoms with Gasteiger partial charge in [-0.3, -0.25) is 11.3 Å². The van der Waals surface area contributed by atoms with E-state index in [0.717, 1.165) is 0 Å². The third-order valence-corrected chi connectivity index (χ3v) is 2.23. The number of benzene rings is 1. The van der Waals surface area contributed by atoms with E-state index < -0.39 is 0 Å². The maximum Gasteiger partial charge on any atom is 0.131 e. The molecule has 0 radical (unpaired) electrons. The summed E-state index contributed by atoms with van der Waals surface area (Å²) in [4.78, 5) is 0. The minimum Gasteiger partial charge on any atom is -0.507 e. The quantitative estimate of drug-likeness (QED) is 0.511. The van der Waals surface area contributed by atoms with Gasteiger partial charge in [0.2, 0.25) is 0 Å². The smallest absolute Gasteiger partial charge is 0.131 e. The van der Waals surface area contributed by atoms with Crippen molar-refractivity contribution in [1.29, 1.82) is 0 Å². The van der Waals surface area contributed by atoms with Crippen LogP contribution in [0.2, 0.25) is 0 Å². The van der Waals surface area contributed by atoms with Crippen LogP contribution in [0.1, 0.15) is 18.5 Å². The predicted octanol–water partition coefficient (Wildman–Crippen LogP) is 0.934. The van der Waals surface area contributed by atoms with Gasteiger partial charge in [-0.15, -0.1) is 0 Å². The molecule has 1 aromatic carbocycles. The minimum atomic E-state index is -0.203. The molecule has 1 rings (SSSR count). The molecule has 15 heavy (non-hydrogen) atoms. The van der Waals surface area contributed by atoms with Gasteiger partial charge in [0, 0.05) is 12.1 Å². The van der Waals surface area contributed by atoms with E-state index in [1.54, 1.807) is 6.07 Å². The number of hydrogen-bond donors (Lipinski definition) is 3. The molecule has 5 nitrogen and oxygen atoms in total. The second kappa shape index (κ2) is 4.86. The van der Waals surface area contributed by atoms with Crippen LogP contribution in [0, 0.1) is 0 Å². The summed E-state index contributed by atoms with van der Waals surface area (Å²) >= 11 is 0. The summed E-state index contributed by atoms with van der Waals surface area (Å²) in [5.41, 5.74) is 3.17. The fourth-order valence-corrected chi connectivity index (χ4v) is 1.39. The van der Waals surface area contributed by atoms with Gasteiger partial charge in [-0.1, -0.05) is 0 Å². The highest BCUT2D eigenvalue weighted by Crippen LogP contribution is 2.36. The number of hydrogen-bond acceptors (Lipinski definition) is 5. The van der Waals surface area contributed by atoms with Crippen LogP contribution in [0.15, 0.2) is 12.1 Å². The Morgan fingerprint density at radius 2 is 2.00 bits per heavy atom. The van der Waals surface area contributed by atoms with Crippen molar-refractivity contribution in [2.24, 2.45) is 5.84 Å². The van der Waals surface area contributed by atoms with Crippen LogP contribution >= 0.6 is 0 Å². The topological polar surface area (TPSA) is 76.7 Å². The number of nitrogens with one attached hydrogen (secondary N) is 1. The lowest BCUT2D eigenvalue weighted by Crippen LogP contribution is -2.26. The zero-order valence-corrected chi connectivity index (χ0v) is 9.07. The van der Waals surface area contributed by atoms with E-state index in [2.05, 4.69) is 5.43 Å². The SMILES string of the molecule is COc1cc(O)c(C(C)NN)c(OC)c1. The van der Waals surface area contributed by atoms with Crippen LogP contribution in [-0.4, -0.2) is 19.3 Å². The molecule has 0 aromatic heterocycles. The highest BCUT2D eigenvalue weighted by atomic mass is 16.5. The van der Waals surface area contributed by atoms with Crippen molar-refractivity contribution in [1.82, 2.24) is 5.43 Å². The Hall–Kier alpha value is -1.46. The Morgan fingerprint density at radius 3 is 2.47 bits per heavy atom. The van der Waals surface area contributed by atoms with Crippen LogP contribution in [-0.2, 0) is 0 Å². The van der Waals surface area contributed by atoms with Crippen LogP contribution in [0.5, 0.6) is 17.2 Å². The van der Waals surface area contributed by atoms with Gasteiger partial charge in [0.05, 0.1) is 25.8 Å². The Balaban J connectivity index is 3.24. The summed E-state index contributed by atoms with van der Waals surface area (Å²) in [5, 5.41) is 9.78. The van der Waals surface area contributed by atoms with E-state index in [-0.39, 0.29) is 11.8 Å². The molecule has 5 heteroatoms. The molecule has 0 aliphatic carbocycles. The monoisotopic (exact) mass is 212 g/mol. The van der Waals surface area contributed by atoms with E-state index in [4.69, 9.17) is 15.3 Å². The summed E-state index contributed by atoms with van der Waals surface area (Å²) in [6, 6.07) is 3.01. The Morgan fingerprint density at radius 1 is 1.33 bits per heavy atom. The number of rotatable bonds is 4. The zero-order chi connectivity index (χ0) is 11.4. The maximum absolute atomic E-state index is 9.78. The zero-order valence-electron chi connectivity index (χ0n) is 9.07. The van der Waals surface area contributed by atoms with Gasteiger partial charge in [-0.2, -0.15) is 0 Å². The molecule has 0 fully saturated rings. The van der Waals surface area contributed by atoms with E-state index in [1.165, 1.54) is 20.3 Å². The van der Waals surface area contributed by atoms with Gasteiger partial charge in [0.15, 0.2) is 0 Å². The highest BCUT2D eigenvalue weighted by Gasteiger charge is 2.16. The number of phenols is 1. The molecule has 0 heterocycles. The third-order valence-electron chi connectivity index (χ3n) is 2.23. The first-order valence-electron chi connectivity index (χ1n) is 4.55. The normalized spacial score (nSPS) is 12.3. The average molecular weight is 212 g/mol. The van der Waals surface area contributed by atoms with E-state index in [9.17, 15) is 5.11 Å². The van der Waals surface area contributed by atoms with Gasteiger partial charge in [0.25, 0.3) is 0 Å². The third kappa shape index (κ3) is 2.31. The summed E-state index contributed by atoms with van der Waals surface area (Å²) in [6.07, 6.45) is 0. The standard InChI is InChI=1S/C10H16N2O3/c1-6(12-11)10-8(13)4-7(14-2)5-9(10)15-3/h4-6,12-13H,11H2,1-3H3. The minimum absolute atomic E-state index is 0.0941. The molecule has 0 aliphatic rings. The van der Waals surface area contributed by atoms with Crippen LogP contribution in [0.3, 0.4) is 0 Å². The first kappa shape index (κ1) is 11.6. The van der Waals surface area contributed by atoms with Crippen molar-refractivity contribution >= 4 is 0 Å². The summed E-state index contributed by atoms with van der Waals surface area (Å²) in [5.74, 6) is 6.49. The first-order chi connectivity index (χ1) is 7.13. The molecule has 0 saturated carbocycles.